The van der Waals surface area contributed by atoms with Crippen molar-refractivity contribution in [3.05, 3.63) is 80.5 Å². The summed E-state index contributed by atoms with van der Waals surface area (Å²) in [6.45, 7) is 1.96. The van der Waals surface area contributed by atoms with Crippen LogP contribution in [-0.2, 0) is 24.0 Å². The van der Waals surface area contributed by atoms with Crippen molar-refractivity contribution < 1.29 is 4.79 Å². The first kappa shape index (κ1) is 20.3. The molecule has 8 heteroatoms. The zero-order valence-corrected chi connectivity index (χ0v) is 18.2. The fourth-order valence-electron chi connectivity index (χ4n) is 3.01. The molecule has 0 aliphatic heterocycles. The molecular weight excluding hydrogens is 416 g/mol. The Bertz CT molecular complexity index is 1280. The molecule has 0 fully saturated rings. The van der Waals surface area contributed by atoms with E-state index in [1.807, 2.05) is 54.8 Å². The molecule has 2 aromatic heterocycles. The number of aryl methyl sites for hydroxylation is 1. The van der Waals surface area contributed by atoms with E-state index in [0.29, 0.717) is 21.8 Å². The third-order valence-corrected chi connectivity index (χ3v) is 6.58. The minimum atomic E-state index is -0.0866. The van der Waals surface area contributed by atoms with E-state index in [0.717, 1.165) is 22.0 Å². The van der Waals surface area contributed by atoms with Crippen LogP contribution >= 0.6 is 23.1 Å². The SMILES string of the molecule is Cc1ccccc1NC(=O)Cc1nc(CSc2nc3ccccc3c(=O)n2C)cs1. The van der Waals surface area contributed by atoms with Gasteiger partial charge in [-0.1, -0.05) is 42.1 Å². The molecule has 152 valence electrons. The van der Waals surface area contributed by atoms with E-state index < -0.39 is 0 Å². The van der Waals surface area contributed by atoms with Gasteiger partial charge in [-0.25, -0.2) is 9.97 Å². The van der Waals surface area contributed by atoms with Crippen LogP contribution < -0.4 is 10.9 Å². The fraction of sp³-hybridized carbons (Fsp3) is 0.182. The van der Waals surface area contributed by atoms with Crippen LogP contribution in [0, 0.1) is 6.92 Å². The predicted molar refractivity (Wildman–Crippen MR) is 122 cm³/mol. The van der Waals surface area contributed by atoms with Gasteiger partial charge in [-0.3, -0.25) is 14.2 Å². The molecule has 1 N–H and O–H groups in total. The zero-order chi connectivity index (χ0) is 21.1. The number of hydrogen-bond donors (Lipinski definition) is 1. The number of nitrogens with one attached hydrogen (secondary N) is 1. The van der Waals surface area contributed by atoms with Gasteiger partial charge in [0.2, 0.25) is 5.91 Å². The number of anilines is 1. The van der Waals surface area contributed by atoms with E-state index in [2.05, 4.69) is 15.3 Å². The van der Waals surface area contributed by atoms with Crippen molar-refractivity contribution in [1.29, 1.82) is 0 Å². The highest BCUT2D eigenvalue weighted by molar-refractivity contribution is 7.98. The van der Waals surface area contributed by atoms with Crippen LogP contribution in [-0.4, -0.2) is 20.4 Å². The van der Waals surface area contributed by atoms with Crippen molar-refractivity contribution in [1.82, 2.24) is 14.5 Å². The summed E-state index contributed by atoms with van der Waals surface area (Å²) >= 11 is 2.92. The molecule has 0 atom stereocenters. The molecule has 0 unspecified atom stereocenters. The number of fused-ring (bicyclic) bond motifs is 1. The third-order valence-electron chi connectivity index (χ3n) is 4.62. The Morgan fingerprint density at radius 2 is 1.90 bits per heavy atom. The number of rotatable bonds is 6. The number of para-hydroxylation sites is 2. The molecule has 2 aromatic carbocycles. The summed E-state index contributed by atoms with van der Waals surface area (Å²) in [5.74, 6) is 0.491. The standard InChI is InChI=1S/C22H20N4O2S2/c1-14-7-3-5-9-17(14)24-19(27)11-20-23-15(12-29-20)13-30-22-25-18-10-6-4-8-16(18)21(28)26(22)2/h3-10,12H,11,13H2,1-2H3,(H,24,27). The topological polar surface area (TPSA) is 76.9 Å². The molecule has 4 aromatic rings. The molecule has 0 saturated carbocycles. The number of carbonyl (C=O) groups is 1. The first-order chi connectivity index (χ1) is 14.5. The lowest BCUT2D eigenvalue weighted by molar-refractivity contribution is -0.115. The Morgan fingerprint density at radius 1 is 1.13 bits per heavy atom. The van der Waals surface area contributed by atoms with Gasteiger partial charge < -0.3 is 5.32 Å². The molecular formula is C22H20N4O2S2. The monoisotopic (exact) mass is 436 g/mol. The molecule has 0 aliphatic carbocycles. The summed E-state index contributed by atoms with van der Waals surface area (Å²) in [5.41, 5.74) is 3.34. The van der Waals surface area contributed by atoms with Crippen molar-refractivity contribution in [2.75, 3.05) is 5.32 Å². The maximum absolute atomic E-state index is 12.5. The average Bonchev–Trinajstić information content (AvgIpc) is 3.18. The van der Waals surface area contributed by atoms with Crippen molar-refractivity contribution in [3.63, 3.8) is 0 Å². The van der Waals surface area contributed by atoms with Gasteiger partial charge in [0, 0.05) is 23.9 Å². The van der Waals surface area contributed by atoms with E-state index in [9.17, 15) is 9.59 Å². The van der Waals surface area contributed by atoms with Crippen LogP contribution in [0.3, 0.4) is 0 Å². The Balaban J connectivity index is 1.41. The van der Waals surface area contributed by atoms with Gasteiger partial charge in [-0.15, -0.1) is 11.3 Å². The first-order valence-corrected chi connectivity index (χ1v) is 11.2. The number of amides is 1. The van der Waals surface area contributed by atoms with Crippen molar-refractivity contribution in [2.24, 2.45) is 7.05 Å². The number of thioether (sulfide) groups is 1. The second-order valence-electron chi connectivity index (χ2n) is 6.84. The highest BCUT2D eigenvalue weighted by Crippen LogP contribution is 2.23. The van der Waals surface area contributed by atoms with Gasteiger partial charge in [-0.2, -0.15) is 0 Å². The maximum Gasteiger partial charge on any atom is 0.261 e. The largest absolute Gasteiger partial charge is 0.325 e. The summed E-state index contributed by atoms with van der Waals surface area (Å²) in [6, 6.07) is 15.0. The van der Waals surface area contributed by atoms with Crippen molar-refractivity contribution in [3.8, 4) is 0 Å². The lowest BCUT2D eigenvalue weighted by Crippen LogP contribution is -2.19. The van der Waals surface area contributed by atoms with Crippen molar-refractivity contribution >= 4 is 45.6 Å². The molecule has 1 amide bonds. The summed E-state index contributed by atoms with van der Waals surface area (Å²) in [7, 11) is 1.73. The van der Waals surface area contributed by atoms with Gasteiger partial charge in [0.05, 0.1) is 23.0 Å². The number of thiazole rings is 1. The second kappa shape index (κ2) is 8.81. The quantitative estimate of drug-likeness (QED) is 0.363. The Hall–Kier alpha value is -2.97. The van der Waals surface area contributed by atoms with Crippen molar-refractivity contribution in [2.45, 2.75) is 24.3 Å². The van der Waals surface area contributed by atoms with E-state index in [1.54, 1.807) is 17.7 Å². The summed E-state index contributed by atoms with van der Waals surface area (Å²) in [6.07, 6.45) is 0.233. The lowest BCUT2D eigenvalue weighted by atomic mass is 10.2. The number of aromatic nitrogens is 3. The van der Waals surface area contributed by atoms with Gasteiger partial charge in [0.25, 0.3) is 5.56 Å². The van der Waals surface area contributed by atoms with Crippen LogP contribution in [0.2, 0.25) is 0 Å². The van der Waals surface area contributed by atoms with Gasteiger partial charge in [-0.05, 0) is 30.7 Å². The highest BCUT2D eigenvalue weighted by atomic mass is 32.2. The third kappa shape index (κ3) is 4.44. The molecule has 0 radical (unpaired) electrons. The number of carbonyl (C=O) groups excluding carboxylic acids is 1. The maximum atomic E-state index is 12.5. The molecule has 0 aliphatic rings. The van der Waals surface area contributed by atoms with Crippen LogP contribution in [0.25, 0.3) is 10.9 Å². The van der Waals surface area contributed by atoms with Gasteiger partial charge >= 0.3 is 0 Å². The molecule has 0 spiro atoms. The number of nitrogens with zero attached hydrogens (tertiary/aromatic N) is 3. The van der Waals surface area contributed by atoms with Gasteiger partial charge in [0.1, 0.15) is 5.01 Å². The Kier molecular flexibility index (Phi) is 5.96. The van der Waals surface area contributed by atoms with E-state index in [1.165, 1.54) is 23.1 Å². The van der Waals surface area contributed by atoms with E-state index >= 15 is 0 Å². The molecule has 30 heavy (non-hydrogen) atoms. The number of hydrogen-bond acceptors (Lipinski definition) is 6. The van der Waals surface area contributed by atoms with Crippen LogP contribution in [0.4, 0.5) is 5.69 Å². The van der Waals surface area contributed by atoms with Crippen LogP contribution in [0.15, 0.2) is 63.9 Å². The predicted octanol–water partition coefficient (Wildman–Crippen LogP) is 4.17. The molecule has 0 saturated heterocycles. The zero-order valence-electron chi connectivity index (χ0n) is 16.6. The second-order valence-corrected chi connectivity index (χ2v) is 8.72. The van der Waals surface area contributed by atoms with Crippen LogP contribution in [0.1, 0.15) is 16.3 Å². The minimum absolute atomic E-state index is 0.0602. The lowest BCUT2D eigenvalue weighted by Gasteiger charge is -2.08. The first-order valence-electron chi connectivity index (χ1n) is 9.38. The fourth-order valence-corrected chi connectivity index (χ4v) is 4.77. The highest BCUT2D eigenvalue weighted by Gasteiger charge is 2.12. The minimum Gasteiger partial charge on any atom is -0.325 e. The molecule has 0 bridgehead atoms. The van der Waals surface area contributed by atoms with E-state index in [4.69, 9.17) is 0 Å². The molecule has 2 heterocycles. The molecule has 4 rings (SSSR count). The summed E-state index contributed by atoms with van der Waals surface area (Å²) in [4.78, 5) is 34.0. The van der Waals surface area contributed by atoms with E-state index in [-0.39, 0.29) is 17.9 Å². The summed E-state index contributed by atoms with van der Waals surface area (Å²) < 4.78 is 1.57. The normalized spacial score (nSPS) is 11.0. The number of benzene rings is 2. The summed E-state index contributed by atoms with van der Waals surface area (Å²) in [5, 5.41) is 6.89. The Morgan fingerprint density at radius 3 is 2.73 bits per heavy atom. The molecule has 6 nitrogen and oxygen atoms in total. The average molecular weight is 437 g/mol. The Labute approximate surface area is 182 Å². The van der Waals surface area contributed by atoms with Crippen LogP contribution in [0.5, 0.6) is 0 Å². The smallest absolute Gasteiger partial charge is 0.261 e. The van der Waals surface area contributed by atoms with Gasteiger partial charge in [0.15, 0.2) is 5.16 Å².